The lowest BCUT2D eigenvalue weighted by atomic mass is 10.4. The molecule has 72 valence electrons. The average Bonchev–Trinajstić information content (AvgIpc) is 2.02. The first-order valence-corrected chi connectivity index (χ1v) is 8.57. The highest BCUT2D eigenvalue weighted by Gasteiger charge is 2.18. The van der Waals surface area contributed by atoms with Gasteiger partial charge in [0.2, 0.25) is 6.41 Å². The Morgan fingerprint density at radius 1 is 1.75 bits per heavy atom. The summed E-state index contributed by atoms with van der Waals surface area (Å²) in [6.45, 7) is 6.27. The first-order chi connectivity index (χ1) is 5.44. The van der Waals surface area contributed by atoms with Crippen molar-refractivity contribution in [1.82, 2.24) is 4.67 Å². The molecule has 5 heteroatoms. The molecule has 2 nitrogen and oxygen atoms in total. The standard InChI is InChI=1S/C7H16NOPS2/c1-5-7(2)12-10(4,11)8(3)6-9/h6-7H,5H2,1-4H3. The lowest BCUT2D eigenvalue weighted by molar-refractivity contribution is -0.113. The summed E-state index contributed by atoms with van der Waals surface area (Å²) in [6, 6.07) is 0. The fourth-order valence-electron chi connectivity index (χ4n) is 0.568. The number of rotatable bonds is 5. The van der Waals surface area contributed by atoms with Crippen LogP contribution >= 0.6 is 16.8 Å². The van der Waals surface area contributed by atoms with E-state index in [9.17, 15) is 4.79 Å². The Labute approximate surface area is 83.9 Å². The van der Waals surface area contributed by atoms with Gasteiger partial charge in [-0.25, -0.2) is 0 Å². The molecule has 1 amide bonds. The van der Waals surface area contributed by atoms with E-state index >= 15 is 0 Å². The fraction of sp³-hybridized carbons (Fsp3) is 0.857. The molecule has 0 aromatic heterocycles. The van der Waals surface area contributed by atoms with E-state index in [-0.39, 0.29) is 0 Å². The predicted octanol–water partition coefficient (Wildman–Crippen LogP) is 2.55. The second-order valence-corrected chi connectivity index (χ2v) is 11.7. The summed E-state index contributed by atoms with van der Waals surface area (Å²) in [5, 5.41) is -1.10. The predicted molar refractivity (Wildman–Crippen MR) is 61.4 cm³/mol. The molecular weight excluding hydrogens is 209 g/mol. The first kappa shape index (κ1) is 12.5. The second kappa shape index (κ2) is 5.25. The van der Waals surface area contributed by atoms with Crippen molar-refractivity contribution in [3.63, 3.8) is 0 Å². The van der Waals surface area contributed by atoms with Gasteiger partial charge < -0.3 is 4.67 Å². The molecule has 0 rings (SSSR count). The average molecular weight is 225 g/mol. The van der Waals surface area contributed by atoms with Crippen LogP contribution in [-0.2, 0) is 16.6 Å². The molecule has 0 N–H and O–H groups in total. The molecule has 0 aliphatic heterocycles. The first-order valence-electron chi connectivity index (χ1n) is 3.88. The van der Waals surface area contributed by atoms with E-state index in [0.717, 1.165) is 12.8 Å². The summed E-state index contributed by atoms with van der Waals surface area (Å²) >= 11 is 7.13. The lowest BCUT2D eigenvalue weighted by Gasteiger charge is -2.26. The third-order valence-electron chi connectivity index (χ3n) is 1.68. The van der Waals surface area contributed by atoms with E-state index in [2.05, 4.69) is 13.8 Å². The van der Waals surface area contributed by atoms with Gasteiger partial charge in [0.15, 0.2) is 0 Å². The Balaban J connectivity index is 4.21. The molecule has 2 unspecified atom stereocenters. The van der Waals surface area contributed by atoms with Crippen LogP contribution in [0.15, 0.2) is 0 Å². The fourth-order valence-corrected chi connectivity index (χ4v) is 6.16. The molecule has 0 aromatic carbocycles. The molecule has 0 aromatic rings. The van der Waals surface area contributed by atoms with Crippen molar-refractivity contribution in [2.24, 2.45) is 0 Å². The third kappa shape index (κ3) is 3.92. The van der Waals surface area contributed by atoms with E-state index in [4.69, 9.17) is 11.8 Å². The molecule has 0 aliphatic carbocycles. The van der Waals surface area contributed by atoms with Gasteiger partial charge in [-0.05, 0) is 13.1 Å². The molecule has 0 radical (unpaired) electrons. The monoisotopic (exact) mass is 225 g/mol. The number of carbonyl (C=O) groups excluding carboxylic acids is 1. The van der Waals surface area contributed by atoms with Gasteiger partial charge in [-0.1, -0.05) is 25.7 Å². The Hall–Kier alpha value is 0.470. The molecule has 0 spiro atoms. The lowest BCUT2D eigenvalue weighted by Crippen LogP contribution is -2.11. The third-order valence-corrected chi connectivity index (χ3v) is 8.57. The van der Waals surface area contributed by atoms with Gasteiger partial charge in [0.1, 0.15) is 0 Å². The zero-order valence-electron chi connectivity index (χ0n) is 7.98. The zero-order chi connectivity index (χ0) is 9.78. The Kier molecular flexibility index (Phi) is 5.46. The number of hydrogen-bond donors (Lipinski definition) is 0. The quantitative estimate of drug-likeness (QED) is 0.530. The van der Waals surface area contributed by atoms with Crippen LogP contribution in [0.2, 0.25) is 0 Å². The summed E-state index contributed by atoms with van der Waals surface area (Å²) in [5.41, 5.74) is 0. The number of nitrogens with zero attached hydrogens (tertiary/aromatic N) is 1. The zero-order valence-corrected chi connectivity index (χ0v) is 10.5. The van der Waals surface area contributed by atoms with Gasteiger partial charge in [0.05, 0.1) is 5.39 Å². The van der Waals surface area contributed by atoms with Crippen LogP contribution < -0.4 is 0 Å². The van der Waals surface area contributed by atoms with Gasteiger partial charge in [-0.15, -0.1) is 11.4 Å². The normalized spacial score (nSPS) is 18.0. The summed E-state index contributed by atoms with van der Waals surface area (Å²) in [6.07, 6.45) is 1.93. The molecule has 0 bridgehead atoms. The van der Waals surface area contributed by atoms with Crippen molar-refractivity contribution in [2.45, 2.75) is 25.5 Å². The maximum atomic E-state index is 10.5. The number of hydrogen-bond acceptors (Lipinski definition) is 3. The minimum atomic E-state index is -1.64. The number of carbonyl (C=O) groups is 1. The van der Waals surface area contributed by atoms with E-state index in [0.29, 0.717) is 5.25 Å². The van der Waals surface area contributed by atoms with Gasteiger partial charge in [0.25, 0.3) is 0 Å². The highest BCUT2D eigenvalue weighted by atomic mass is 32.9. The highest BCUT2D eigenvalue weighted by Crippen LogP contribution is 2.59. The van der Waals surface area contributed by atoms with E-state index < -0.39 is 5.39 Å². The molecule has 2 atom stereocenters. The van der Waals surface area contributed by atoms with Crippen LogP contribution in [0.4, 0.5) is 0 Å². The second-order valence-electron chi connectivity index (χ2n) is 2.81. The molecular formula is C7H16NOPS2. The van der Waals surface area contributed by atoms with Crippen molar-refractivity contribution in [1.29, 1.82) is 0 Å². The minimum absolute atomic E-state index is 0.545. The Bertz CT molecular complexity index is 198. The van der Waals surface area contributed by atoms with Crippen LogP contribution in [0.3, 0.4) is 0 Å². The summed E-state index contributed by atoms with van der Waals surface area (Å²) in [7, 11) is 1.77. The van der Waals surface area contributed by atoms with Crippen molar-refractivity contribution in [3.8, 4) is 0 Å². The maximum Gasteiger partial charge on any atom is 0.213 e. The van der Waals surface area contributed by atoms with Crippen LogP contribution in [-0.4, -0.2) is 30.0 Å². The smallest absolute Gasteiger partial charge is 0.213 e. The van der Waals surface area contributed by atoms with E-state index in [1.807, 2.05) is 6.66 Å². The molecule has 0 saturated heterocycles. The summed E-state index contributed by atoms with van der Waals surface area (Å²) < 4.78 is 1.64. The van der Waals surface area contributed by atoms with Crippen LogP contribution in [0, 0.1) is 0 Å². The molecule has 0 aliphatic rings. The maximum absolute atomic E-state index is 10.5. The van der Waals surface area contributed by atoms with Crippen LogP contribution in [0.1, 0.15) is 20.3 Å². The highest BCUT2D eigenvalue weighted by molar-refractivity contribution is 8.70. The topological polar surface area (TPSA) is 20.3 Å². The Morgan fingerprint density at radius 2 is 2.25 bits per heavy atom. The molecule has 0 saturated carbocycles. The van der Waals surface area contributed by atoms with E-state index in [1.54, 1.807) is 23.1 Å². The van der Waals surface area contributed by atoms with Gasteiger partial charge in [-0.3, -0.25) is 4.79 Å². The van der Waals surface area contributed by atoms with Crippen molar-refractivity contribution in [3.05, 3.63) is 0 Å². The van der Waals surface area contributed by atoms with Crippen molar-refractivity contribution >= 4 is 35.0 Å². The van der Waals surface area contributed by atoms with Crippen molar-refractivity contribution < 1.29 is 4.79 Å². The molecule has 12 heavy (non-hydrogen) atoms. The largest absolute Gasteiger partial charge is 0.312 e. The van der Waals surface area contributed by atoms with Gasteiger partial charge >= 0.3 is 0 Å². The van der Waals surface area contributed by atoms with E-state index in [1.165, 1.54) is 0 Å². The summed E-state index contributed by atoms with van der Waals surface area (Å²) in [5.74, 6) is 0. The minimum Gasteiger partial charge on any atom is -0.312 e. The van der Waals surface area contributed by atoms with Crippen molar-refractivity contribution in [2.75, 3.05) is 13.7 Å². The molecule has 0 fully saturated rings. The van der Waals surface area contributed by atoms with Crippen LogP contribution in [0.25, 0.3) is 0 Å². The Morgan fingerprint density at radius 3 is 2.58 bits per heavy atom. The summed E-state index contributed by atoms with van der Waals surface area (Å²) in [4.78, 5) is 10.5. The number of amides is 1. The SMILES string of the molecule is CCC(C)SP(C)(=S)N(C)C=O. The van der Waals surface area contributed by atoms with Gasteiger partial charge in [-0.2, -0.15) is 0 Å². The van der Waals surface area contributed by atoms with Gasteiger partial charge in [0, 0.05) is 12.3 Å². The molecule has 0 heterocycles. The van der Waals surface area contributed by atoms with Crippen LogP contribution in [0.5, 0.6) is 0 Å².